The maximum Gasteiger partial charge on any atom is 0.313 e. The fourth-order valence-corrected chi connectivity index (χ4v) is 3.61. The number of benzene rings is 3. The van der Waals surface area contributed by atoms with Crippen LogP contribution in [-0.2, 0) is 14.3 Å². The maximum atomic E-state index is 11.9. The van der Waals surface area contributed by atoms with Gasteiger partial charge in [-0.3, -0.25) is 9.59 Å². The zero-order chi connectivity index (χ0) is 16.9. The molecule has 0 unspecified atom stereocenters. The lowest BCUT2D eigenvalue weighted by Crippen LogP contribution is -2.11. The Hall–Kier alpha value is -2.51. The van der Waals surface area contributed by atoms with Crippen LogP contribution in [0.3, 0.4) is 0 Å². The van der Waals surface area contributed by atoms with Gasteiger partial charge in [0.15, 0.2) is 5.78 Å². The normalized spacial score (nSPS) is 11.2. The van der Waals surface area contributed by atoms with Crippen molar-refractivity contribution < 1.29 is 14.3 Å². The summed E-state index contributed by atoms with van der Waals surface area (Å²) in [6.07, 6.45) is -0.202. The quantitative estimate of drug-likeness (QED) is 0.307. The molecule has 0 spiro atoms. The van der Waals surface area contributed by atoms with Crippen molar-refractivity contribution in [1.29, 1.82) is 0 Å². The third-order valence-corrected chi connectivity index (χ3v) is 4.79. The molecule has 0 fully saturated rings. The molecule has 0 aromatic heterocycles. The third kappa shape index (κ3) is 3.52. The van der Waals surface area contributed by atoms with E-state index in [1.807, 2.05) is 24.3 Å². The molecule has 0 aliphatic heterocycles. The summed E-state index contributed by atoms with van der Waals surface area (Å²) in [4.78, 5) is 23.3. The molecular weight excluding hydrogens is 319 g/mol. The predicted octanol–water partition coefficient (Wildman–Crippen LogP) is 3.89. The van der Waals surface area contributed by atoms with Crippen molar-refractivity contribution in [2.75, 3.05) is 6.61 Å². The number of carbonyl (C=O) groups is 2. The van der Waals surface area contributed by atoms with Gasteiger partial charge >= 0.3 is 5.97 Å². The topological polar surface area (TPSA) is 43.4 Å². The van der Waals surface area contributed by atoms with Crippen molar-refractivity contribution in [2.24, 2.45) is 0 Å². The van der Waals surface area contributed by atoms with Crippen LogP contribution in [0.2, 0.25) is 0 Å². The molecule has 24 heavy (non-hydrogen) atoms. The Morgan fingerprint density at radius 1 is 1.00 bits per heavy atom. The Morgan fingerprint density at radius 3 is 2.58 bits per heavy atom. The van der Waals surface area contributed by atoms with Crippen molar-refractivity contribution in [3.8, 4) is 0 Å². The molecule has 0 heterocycles. The summed E-state index contributed by atoms with van der Waals surface area (Å²) in [6, 6.07) is 18.5. The number of rotatable bonds is 5. The van der Waals surface area contributed by atoms with Crippen LogP contribution in [0.1, 0.15) is 13.3 Å². The second-order valence-corrected chi connectivity index (χ2v) is 6.37. The summed E-state index contributed by atoms with van der Waals surface area (Å²) < 4.78 is 4.81. The summed E-state index contributed by atoms with van der Waals surface area (Å²) in [7, 11) is 0.786. The van der Waals surface area contributed by atoms with E-state index in [4.69, 9.17) is 4.74 Å². The molecule has 120 valence electrons. The second kappa shape index (κ2) is 7.37. The van der Waals surface area contributed by atoms with Gasteiger partial charge in [-0.25, -0.2) is 0 Å². The highest BCUT2D eigenvalue weighted by molar-refractivity contribution is 7.50. The van der Waals surface area contributed by atoms with E-state index >= 15 is 0 Å². The monoisotopic (exact) mass is 336 g/mol. The lowest BCUT2D eigenvalue weighted by molar-refractivity contribution is -0.144. The van der Waals surface area contributed by atoms with Gasteiger partial charge in [-0.2, -0.15) is 0 Å². The number of fused-ring (bicyclic) bond motifs is 3. The Morgan fingerprint density at radius 2 is 1.75 bits per heavy atom. The SMILES string of the molecule is CCOC(=O)CC(=O)C=Pc1cccc2ccc3ccccc3c12. The Kier molecular flexibility index (Phi) is 5.02. The first kappa shape index (κ1) is 16.4. The van der Waals surface area contributed by atoms with Crippen LogP contribution in [0.25, 0.3) is 21.5 Å². The molecule has 0 radical (unpaired) electrons. The molecule has 0 aliphatic carbocycles. The van der Waals surface area contributed by atoms with Crippen LogP contribution in [0, 0.1) is 0 Å². The molecule has 0 N–H and O–H groups in total. The van der Waals surface area contributed by atoms with Crippen molar-refractivity contribution in [2.45, 2.75) is 13.3 Å². The van der Waals surface area contributed by atoms with E-state index in [2.05, 4.69) is 30.3 Å². The van der Waals surface area contributed by atoms with Gasteiger partial charge in [0, 0.05) is 16.5 Å². The van der Waals surface area contributed by atoms with Crippen LogP contribution in [0.5, 0.6) is 0 Å². The number of hydrogen-bond donors (Lipinski definition) is 0. The summed E-state index contributed by atoms with van der Waals surface area (Å²) in [5.74, 6) is 0.859. The van der Waals surface area contributed by atoms with Crippen molar-refractivity contribution in [3.05, 3.63) is 54.6 Å². The smallest absolute Gasteiger partial charge is 0.313 e. The van der Waals surface area contributed by atoms with Crippen molar-refractivity contribution >= 4 is 52.6 Å². The van der Waals surface area contributed by atoms with E-state index in [1.54, 1.807) is 12.7 Å². The largest absolute Gasteiger partial charge is 0.466 e. The van der Waals surface area contributed by atoms with E-state index in [9.17, 15) is 9.59 Å². The van der Waals surface area contributed by atoms with E-state index < -0.39 is 5.97 Å². The van der Waals surface area contributed by atoms with Crippen LogP contribution >= 0.6 is 8.20 Å². The summed E-state index contributed by atoms with van der Waals surface area (Å²) in [5, 5.41) is 5.69. The van der Waals surface area contributed by atoms with Gasteiger partial charge in [-0.1, -0.05) is 56.7 Å². The number of Topliss-reactive ketones (excluding diaryl/α,β-unsaturated/α-hetero) is 1. The zero-order valence-electron chi connectivity index (χ0n) is 13.4. The molecule has 0 aliphatic rings. The number of hydrogen-bond acceptors (Lipinski definition) is 3. The first-order valence-corrected chi connectivity index (χ1v) is 8.78. The molecule has 0 bridgehead atoms. The third-order valence-electron chi connectivity index (χ3n) is 3.72. The minimum atomic E-state index is -0.475. The second-order valence-electron chi connectivity index (χ2n) is 5.37. The number of esters is 1. The van der Waals surface area contributed by atoms with E-state index in [0.29, 0.717) is 6.61 Å². The average molecular weight is 336 g/mol. The van der Waals surface area contributed by atoms with Crippen molar-refractivity contribution in [3.63, 3.8) is 0 Å². The summed E-state index contributed by atoms with van der Waals surface area (Å²) in [6.45, 7) is 2.02. The highest BCUT2D eigenvalue weighted by Gasteiger charge is 2.08. The zero-order valence-corrected chi connectivity index (χ0v) is 14.3. The van der Waals surface area contributed by atoms with Crippen LogP contribution in [-0.4, -0.2) is 24.2 Å². The number of carbonyl (C=O) groups excluding carboxylic acids is 2. The highest BCUT2D eigenvalue weighted by atomic mass is 31.1. The Balaban J connectivity index is 1.97. The molecule has 3 aromatic rings. The Labute approximate surface area is 142 Å². The summed E-state index contributed by atoms with van der Waals surface area (Å²) in [5.41, 5.74) is 0. The predicted molar refractivity (Wildman–Crippen MR) is 100 cm³/mol. The first-order valence-electron chi connectivity index (χ1n) is 7.82. The van der Waals surface area contributed by atoms with E-state index in [0.717, 1.165) is 24.3 Å². The fraction of sp³-hybridized carbons (Fsp3) is 0.150. The molecule has 4 heteroatoms. The maximum absolute atomic E-state index is 11.9. The molecule has 3 nitrogen and oxygen atoms in total. The lowest BCUT2D eigenvalue weighted by atomic mass is 10.0. The van der Waals surface area contributed by atoms with E-state index in [1.165, 1.54) is 10.8 Å². The molecule has 0 saturated heterocycles. The van der Waals surface area contributed by atoms with Gasteiger partial charge < -0.3 is 4.74 Å². The van der Waals surface area contributed by atoms with Gasteiger partial charge in [-0.15, -0.1) is 0 Å². The molecule has 0 amide bonds. The van der Waals surface area contributed by atoms with Crippen LogP contribution in [0.15, 0.2) is 54.6 Å². The van der Waals surface area contributed by atoms with Crippen LogP contribution in [0.4, 0.5) is 0 Å². The minimum Gasteiger partial charge on any atom is -0.466 e. The molecule has 0 atom stereocenters. The standard InChI is InChI=1S/C20H17O3P/c1-2-23-19(22)12-16(21)13-24-18-9-5-7-15-11-10-14-6-3-4-8-17(14)20(15)18/h3-11,13H,2,12H2,1H3. The van der Waals surface area contributed by atoms with E-state index in [-0.39, 0.29) is 12.2 Å². The van der Waals surface area contributed by atoms with Gasteiger partial charge in [0.25, 0.3) is 0 Å². The lowest BCUT2D eigenvalue weighted by Gasteiger charge is -2.06. The molecule has 0 saturated carbocycles. The van der Waals surface area contributed by atoms with Crippen molar-refractivity contribution in [1.82, 2.24) is 0 Å². The Bertz CT molecular complexity index is 944. The molecule has 3 rings (SSSR count). The van der Waals surface area contributed by atoms with Gasteiger partial charge in [0.05, 0.1) is 6.61 Å². The summed E-state index contributed by atoms with van der Waals surface area (Å²) >= 11 is 0. The number of ketones is 1. The molecule has 3 aromatic carbocycles. The molecular formula is C20H17O3P. The average Bonchev–Trinajstić information content (AvgIpc) is 2.59. The first-order chi connectivity index (χ1) is 11.7. The van der Waals surface area contributed by atoms with Crippen LogP contribution < -0.4 is 5.30 Å². The van der Waals surface area contributed by atoms with Gasteiger partial charge in [0.2, 0.25) is 0 Å². The fourth-order valence-electron chi connectivity index (χ4n) is 2.69. The number of ether oxygens (including phenoxy) is 1. The van der Waals surface area contributed by atoms with Gasteiger partial charge in [0.1, 0.15) is 6.42 Å². The minimum absolute atomic E-state index is 0.202. The highest BCUT2D eigenvalue weighted by Crippen LogP contribution is 2.25. The van der Waals surface area contributed by atoms with Gasteiger partial charge in [-0.05, 0) is 29.1 Å².